The molecule has 23 heavy (non-hydrogen) atoms. The van der Waals surface area contributed by atoms with Crippen LogP contribution in [-0.2, 0) is 14.4 Å². The zero-order valence-corrected chi connectivity index (χ0v) is 15.1. The Bertz CT molecular complexity index is 405. The van der Waals surface area contributed by atoms with Gasteiger partial charge in [-0.1, -0.05) is 40.5 Å². The summed E-state index contributed by atoms with van der Waals surface area (Å²) >= 11 is 0. The summed E-state index contributed by atoms with van der Waals surface area (Å²) in [6.07, 6.45) is 2.51. The first kappa shape index (κ1) is 21.4. The molecule has 0 saturated carbocycles. The summed E-state index contributed by atoms with van der Waals surface area (Å²) in [5, 5.41) is 12.6. The van der Waals surface area contributed by atoms with Crippen LogP contribution in [0, 0.1) is 11.3 Å². The van der Waals surface area contributed by atoms with Gasteiger partial charge in [-0.05, 0) is 11.8 Å². The Morgan fingerprint density at radius 2 is 1.83 bits per heavy atom. The molecule has 0 heterocycles. The normalized spacial score (nSPS) is 13.9. The zero-order chi connectivity index (χ0) is 18.2. The Balaban J connectivity index is 5.15. The van der Waals surface area contributed by atoms with E-state index in [0.717, 1.165) is 12.8 Å². The standard InChI is InChI=1S/C16H31N3O4/c1-7-8-9-12(10-19(23)11-20)14(21)17-13(16(2,3)4)15(22)18(5)6/h11-13,23H,7-10H2,1-6H3,(H,17,21)/t12-,13+/m1/s1. The lowest BCUT2D eigenvalue weighted by molar-refractivity contribution is -0.155. The van der Waals surface area contributed by atoms with Gasteiger partial charge >= 0.3 is 0 Å². The molecule has 134 valence electrons. The molecular weight excluding hydrogens is 298 g/mol. The summed E-state index contributed by atoms with van der Waals surface area (Å²) in [5.74, 6) is -1.06. The Morgan fingerprint density at radius 3 is 2.22 bits per heavy atom. The van der Waals surface area contributed by atoms with Gasteiger partial charge < -0.3 is 10.2 Å². The van der Waals surface area contributed by atoms with Crippen molar-refractivity contribution >= 4 is 18.2 Å². The minimum absolute atomic E-state index is 0.0810. The molecule has 0 fully saturated rings. The molecule has 0 saturated heterocycles. The third kappa shape index (κ3) is 7.45. The van der Waals surface area contributed by atoms with Crippen LogP contribution in [0.1, 0.15) is 47.0 Å². The van der Waals surface area contributed by atoms with E-state index < -0.39 is 17.4 Å². The van der Waals surface area contributed by atoms with Crippen molar-refractivity contribution in [1.29, 1.82) is 0 Å². The molecule has 0 rings (SSSR count). The van der Waals surface area contributed by atoms with E-state index in [1.54, 1.807) is 14.1 Å². The van der Waals surface area contributed by atoms with Gasteiger partial charge in [-0.3, -0.25) is 19.6 Å². The van der Waals surface area contributed by atoms with Crippen molar-refractivity contribution in [3.8, 4) is 0 Å². The molecule has 0 unspecified atom stereocenters. The fourth-order valence-corrected chi connectivity index (χ4v) is 2.19. The van der Waals surface area contributed by atoms with Crippen LogP contribution in [0.25, 0.3) is 0 Å². The molecule has 0 spiro atoms. The highest BCUT2D eigenvalue weighted by atomic mass is 16.5. The fourth-order valence-electron chi connectivity index (χ4n) is 2.19. The van der Waals surface area contributed by atoms with Crippen LogP contribution < -0.4 is 5.32 Å². The number of nitrogens with one attached hydrogen (secondary N) is 1. The molecular formula is C16H31N3O4. The summed E-state index contributed by atoms with van der Waals surface area (Å²) in [4.78, 5) is 36.9. The van der Waals surface area contributed by atoms with E-state index in [1.165, 1.54) is 4.90 Å². The maximum Gasteiger partial charge on any atom is 0.245 e. The number of hydroxylamine groups is 2. The quantitative estimate of drug-likeness (QED) is 0.378. The summed E-state index contributed by atoms with van der Waals surface area (Å²) in [7, 11) is 3.29. The molecule has 0 radical (unpaired) electrons. The van der Waals surface area contributed by atoms with E-state index in [4.69, 9.17) is 0 Å². The minimum atomic E-state index is -0.669. The first-order chi connectivity index (χ1) is 10.5. The summed E-state index contributed by atoms with van der Waals surface area (Å²) < 4.78 is 0. The molecule has 2 atom stereocenters. The molecule has 7 heteroatoms. The van der Waals surface area contributed by atoms with E-state index in [1.807, 2.05) is 27.7 Å². The number of carbonyl (C=O) groups excluding carboxylic acids is 3. The molecule has 7 nitrogen and oxygen atoms in total. The number of rotatable bonds is 9. The van der Waals surface area contributed by atoms with E-state index in [-0.39, 0.29) is 24.8 Å². The number of likely N-dealkylation sites (N-methyl/N-ethyl adjacent to an activating group) is 1. The van der Waals surface area contributed by atoms with E-state index in [9.17, 15) is 19.6 Å². The van der Waals surface area contributed by atoms with Crippen molar-refractivity contribution in [1.82, 2.24) is 15.3 Å². The Morgan fingerprint density at radius 1 is 1.26 bits per heavy atom. The van der Waals surface area contributed by atoms with Crippen molar-refractivity contribution in [3.05, 3.63) is 0 Å². The number of carbonyl (C=O) groups is 3. The lowest BCUT2D eigenvalue weighted by atomic mass is 9.85. The van der Waals surface area contributed by atoms with Crippen LogP contribution in [0.5, 0.6) is 0 Å². The molecule has 0 aliphatic carbocycles. The van der Waals surface area contributed by atoms with Gasteiger partial charge in [-0.25, -0.2) is 5.06 Å². The van der Waals surface area contributed by atoms with Crippen LogP contribution in [0.15, 0.2) is 0 Å². The third-order valence-corrected chi connectivity index (χ3v) is 3.65. The number of nitrogens with zero attached hydrogens (tertiary/aromatic N) is 2. The van der Waals surface area contributed by atoms with E-state index >= 15 is 0 Å². The van der Waals surface area contributed by atoms with E-state index in [0.29, 0.717) is 11.5 Å². The Hall–Kier alpha value is -1.63. The number of hydrogen-bond donors (Lipinski definition) is 2. The van der Waals surface area contributed by atoms with Gasteiger partial charge in [0.25, 0.3) is 0 Å². The highest BCUT2D eigenvalue weighted by Gasteiger charge is 2.35. The molecule has 0 aromatic heterocycles. The van der Waals surface area contributed by atoms with Crippen molar-refractivity contribution in [2.75, 3.05) is 20.6 Å². The number of hydrogen-bond acceptors (Lipinski definition) is 4. The van der Waals surface area contributed by atoms with Gasteiger partial charge in [0.15, 0.2) is 0 Å². The maximum absolute atomic E-state index is 12.5. The average Bonchev–Trinajstić information content (AvgIpc) is 2.46. The zero-order valence-electron chi connectivity index (χ0n) is 15.1. The van der Waals surface area contributed by atoms with Crippen molar-refractivity contribution in [3.63, 3.8) is 0 Å². The number of unbranched alkanes of at least 4 members (excludes halogenated alkanes) is 1. The molecule has 0 aromatic rings. The first-order valence-electron chi connectivity index (χ1n) is 7.96. The van der Waals surface area contributed by atoms with Crippen molar-refractivity contribution < 1.29 is 19.6 Å². The van der Waals surface area contributed by atoms with Crippen LogP contribution >= 0.6 is 0 Å². The SMILES string of the molecule is CCCC[C@H](CN(O)C=O)C(=O)N[C@@H](C(=O)N(C)C)C(C)(C)C. The van der Waals surface area contributed by atoms with E-state index in [2.05, 4.69) is 5.32 Å². The molecule has 0 bridgehead atoms. The first-order valence-corrected chi connectivity index (χ1v) is 7.96. The van der Waals surface area contributed by atoms with Gasteiger partial charge in [0.1, 0.15) is 6.04 Å². The number of amides is 3. The Labute approximate surface area is 139 Å². The predicted molar refractivity (Wildman–Crippen MR) is 87.7 cm³/mol. The lowest BCUT2D eigenvalue weighted by Gasteiger charge is -2.33. The topological polar surface area (TPSA) is 90.0 Å². The second kappa shape index (κ2) is 9.50. The van der Waals surface area contributed by atoms with Gasteiger partial charge in [0, 0.05) is 14.1 Å². The smallest absolute Gasteiger partial charge is 0.245 e. The Kier molecular flexibility index (Phi) is 8.82. The molecule has 0 aromatic carbocycles. The van der Waals surface area contributed by atoms with Crippen molar-refractivity contribution in [2.24, 2.45) is 11.3 Å². The van der Waals surface area contributed by atoms with Crippen LogP contribution in [0.2, 0.25) is 0 Å². The van der Waals surface area contributed by atoms with Crippen LogP contribution in [0.3, 0.4) is 0 Å². The highest BCUT2D eigenvalue weighted by molar-refractivity contribution is 5.89. The average molecular weight is 329 g/mol. The van der Waals surface area contributed by atoms with Gasteiger partial charge in [-0.15, -0.1) is 0 Å². The minimum Gasteiger partial charge on any atom is -0.347 e. The molecule has 3 amide bonds. The van der Waals surface area contributed by atoms with Crippen molar-refractivity contribution in [2.45, 2.75) is 53.0 Å². The summed E-state index contributed by atoms with van der Waals surface area (Å²) in [6, 6.07) is -0.669. The largest absolute Gasteiger partial charge is 0.347 e. The highest BCUT2D eigenvalue weighted by Crippen LogP contribution is 2.22. The summed E-state index contributed by atoms with van der Waals surface area (Å²) in [5.41, 5.74) is -0.449. The third-order valence-electron chi connectivity index (χ3n) is 3.65. The van der Waals surface area contributed by atoms with Gasteiger partial charge in [0.05, 0.1) is 12.5 Å². The van der Waals surface area contributed by atoms with Crippen LogP contribution in [-0.4, -0.2) is 60.1 Å². The predicted octanol–water partition coefficient (Wildman–Crippen LogP) is 1.26. The monoisotopic (exact) mass is 329 g/mol. The fraction of sp³-hybridized carbons (Fsp3) is 0.812. The second-order valence-corrected chi connectivity index (χ2v) is 7.11. The van der Waals surface area contributed by atoms with Gasteiger partial charge in [0.2, 0.25) is 18.2 Å². The molecule has 0 aliphatic heterocycles. The summed E-state index contributed by atoms with van der Waals surface area (Å²) in [6.45, 7) is 7.56. The maximum atomic E-state index is 12.5. The lowest BCUT2D eigenvalue weighted by Crippen LogP contribution is -2.55. The van der Waals surface area contributed by atoms with Gasteiger partial charge in [-0.2, -0.15) is 0 Å². The van der Waals surface area contributed by atoms with Crippen LogP contribution in [0.4, 0.5) is 0 Å². The second-order valence-electron chi connectivity index (χ2n) is 7.11. The molecule has 0 aliphatic rings. The molecule has 2 N–H and O–H groups in total.